The Morgan fingerprint density at radius 1 is 1.09 bits per heavy atom. The van der Waals surface area contributed by atoms with E-state index >= 15 is 0 Å². The number of carbonyl (C=O) groups excluding carboxylic acids is 1. The Hall–Kier alpha value is -3.10. The van der Waals surface area contributed by atoms with Gasteiger partial charge in [0.2, 0.25) is 0 Å². The summed E-state index contributed by atoms with van der Waals surface area (Å²) in [6.07, 6.45) is 4.29. The van der Waals surface area contributed by atoms with Crippen LogP contribution in [0.5, 0.6) is 5.75 Å². The second-order valence-electron chi connectivity index (χ2n) is 7.82. The van der Waals surface area contributed by atoms with Crippen molar-refractivity contribution in [3.05, 3.63) is 87.3 Å². The van der Waals surface area contributed by atoms with E-state index in [0.29, 0.717) is 17.2 Å². The fourth-order valence-electron chi connectivity index (χ4n) is 3.92. The number of para-hydroxylation sites is 2. The first-order chi connectivity index (χ1) is 16.2. The summed E-state index contributed by atoms with van der Waals surface area (Å²) in [5.74, 6) is 0.967. The highest BCUT2D eigenvalue weighted by atomic mass is 32.2. The number of amides is 1. The fraction of sp³-hybridized carbons (Fsp3) is 0.240. The minimum absolute atomic E-state index is 0.00495. The molecule has 2 aromatic heterocycles. The third-order valence-electron chi connectivity index (χ3n) is 5.46. The van der Waals surface area contributed by atoms with E-state index < -0.39 is 0 Å². The van der Waals surface area contributed by atoms with Crippen LogP contribution in [0.25, 0.3) is 4.96 Å². The number of aryl methyl sites for hydroxylation is 2. The van der Waals surface area contributed by atoms with E-state index in [4.69, 9.17) is 9.72 Å². The molecule has 1 N–H and O–H groups in total. The molecule has 0 fully saturated rings. The van der Waals surface area contributed by atoms with Crippen LogP contribution in [-0.2, 0) is 23.4 Å². The number of aromatic nitrogens is 2. The molecule has 1 aliphatic carbocycles. The van der Waals surface area contributed by atoms with Gasteiger partial charge in [-0.1, -0.05) is 30.3 Å². The number of anilines is 1. The van der Waals surface area contributed by atoms with Gasteiger partial charge < -0.3 is 10.1 Å². The van der Waals surface area contributed by atoms with E-state index in [-0.39, 0.29) is 18.1 Å². The van der Waals surface area contributed by atoms with Gasteiger partial charge in [-0.25, -0.2) is 4.98 Å². The normalized spacial score (nSPS) is 13.0. The summed E-state index contributed by atoms with van der Waals surface area (Å²) in [7, 11) is 0. The predicted molar refractivity (Wildman–Crippen MR) is 133 cm³/mol. The Balaban J connectivity index is 1.27. The van der Waals surface area contributed by atoms with Crippen LogP contribution in [0, 0.1) is 0 Å². The summed E-state index contributed by atoms with van der Waals surface area (Å²) in [5.41, 5.74) is 2.60. The molecule has 0 radical (unpaired) electrons. The molecule has 0 saturated heterocycles. The summed E-state index contributed by atoms with van der Waals surface area (Å²) < 4.78 is 7.32. The van der Waals surface area contributed by atoms with Crippen LogP contribution in [0.3, 0.4) is 0 Å². The molecule has 1 amide bonds. The van der Waals surface area contributed by atoms with Gasteiger partial charge in [-0.05, 0) is 49.9 Å². The van der Waals surface area contributed by atoms with Gasteiger partial charge >= 0.3 is 0 Å². The predicted octanol–water partition coefficient (Wildman–Crippen LogP) is 4.94. The Bertz CT molecular complexity index is 1350. The second kappa shape index (κ2) is 9.80. The van der Waals surface area contributed by atoms with E-state index in [1.165, 1.54) is 11.3 Å². The first-order valence-corrected chi connectivity index (χ1v) is 12.7. The summed E-state index contributed by atoms with van der Waals surface area (Å²) in [5, 5.41) is 2.92. The zero-order chi connectivity index (χ0) is 22.6. The first-order valence-electron chi connectivity index (χ1n) is 10.9. The van der Waals surface area contributed by atoms with E-state index in [9.17, 15) is 9.59 Å². The van der Waals surface area contributed by atoms with Crippen molar-refractivity contribution in [1.29, 1.82) is 0 Å². The van der Waals surface area contributed by atoms with Gasteiger partial charge in [-0.2, -0.15) is 0 Å². The zero-order valence-corrected chi connectivity index (χ0v) is 19.6. The number of benzene rings is 2. The molecular formula is C25H23N3O3S2. The lowest BCUT2D eigenvalue weighted by Crippen LogP contribution is -2.20. The van der Waals surface area contributed by atoms with Crippen LogP contribution in [0.15, 0.2) is 70.4 Å². The Kier molecular flexibility index (Phi) is 6.46. The van der Waals surface area contributed by atoms with Crippen LogP contribution in [0.2, 0.25) is 0 Å². The first kappa shape index (κ1) is 21.7. The van der Waals surface area contributed by atoms with Crippen LogP contribution in [0.1, 0.15) is 29.1 Å². The molecule has 1 aliphatic rings. The Morgan fingerprint density at radius 3 is 2.76 bits per heavy atom. The number of nitrogens with one attached hydrogen (secondary N) is 1. The number of thioether (sulfide) groups is 1. The van der Waals surface area contributed by atoms with Crippen LogP contribution < -0.4 is 15.6 Å². The molecule has 4 aromatic rings. The number of hydrogen-bond acceptors (Lipinski definition) is 6. The van der Waals surface area contributed by atoms with E-state index in [2.05, 4.69) is 5.32 Å². The topological polar surface area (TPSA) is 72.7 Å². The second-order valence-corrected chi connectivity index (χ2v) is 9.90. The van der Waals surface area contributed by atoms with E-state index in [1.54, 1.807) is 33.6 Å². The molecule has 0 aliphatic heterocycles. The van der Waals surface area contributed by atoms with Gasteiger partial charge in [0.15, 0.2) is 11.6 Å². The van der Waals surface area contributed by atoms with Gasteiger partial charge in [-0.3, -0.25) is 14.0 Å². The molecule has 0 saturated carbocycles. The molecule has 0 atom stereocenters. The molecule has 2 aromatic carbocycles. The van der Waals surface area contributed by atoms with Crippen LogP contribution in [0.4, 0.5) is 5.69 Å². The molecule has 33 heavy (non-hydrogen) atoms. The third kappa shape index (κ3) is 4.96. The zero-order valence-electron chi connectivity index (χ0n) is 18.0. The van der Waals surface area contributed by atoms with Gasteiger partial charge in [0.1, 0.15) is 5.75 Å². The van der Waals surface area contributed by atoms with E-state index in [1.807, 2.05) is 54.6 Å². The highest BCUT2D eigenvalue weighted by Crippen LogP contribution is 2.31. The largest absolute Gasteiger partial charge is 0.484 e. The molecule has 8 heteroatoms. The summed E-state index contributed by atoms with van der Waals surface area (Å²) in [6, 6.07) is 18.5. The van der Waals surface area contributed by atoms with Crippen molar-refractivity contribution in [2.45, 2.75) is 36.3 Å². The monoisotopic (exact) mass is 477 g/mol. The lowest BCUT2D eigenvalue weighted by Gasteiger charge is -2.12. The lowest BCUT2D eigenvalue weighted by molar-refractivity contribution is -0.118. The minimum atomic E-state index is -0.228. The number of nitrogens with zero attached hydrogens (tertiary/aromatic N) is 2. The number of hydrogen-bond donors (Lipinski definition) is 1. The maximum atomic E-state index is 12.8. The van der Waals surface area contributed by atoms with Crippen LogP contribution in [-0.4, -0.2) is 21.9 Å². The molecular weight excluding hydrogens is 454 g/mol. The smallest absolute Gasteiger partial charge is 0.262 e. The van der Waals surface area contributed by atoms with Crippen LogP contribution >= 0.6 is 23.1 Å². The molecule has 5 rings (SSSR count). The third-order valence-corrected chi connectivity index (χ3v) is 7.71. The maximum Gasteiger partial charge on any atom is 0.262 e. The summed E-state index contributed by atoms with van der Waals surface area (Å²) in [4.78, 5) is 32.9. The number of thiazole rings is 1. The molecule has 2 heterocycles. The Morgan fingerprint density at radius 2 is 1.88 bits per heavy atom. The molecule has 6 nitrogen and oxygen atoms in total. The minimum Gasteiger partial charge on any atom is -0.484 e. The van der Waals surface area contributed by atoms with Gasteiger partial charge in [-0.15, -0.1) is 23.1 Å². The van der Waals surface area contributed by atoms with Crippen molar-refractivity contribution in [3.63, 3.8) is 0 Å². The molecule has 0 spiro atoms. The van der Waals surface area contributed by atoms with Crippen molar-refractivity contribution in [2.24, 2.45) is 0 Å². The quantitative estimate of drug-likeness (QED) is 0.382. The van der Waals surface area contributed by atoms with Crippen molar-refractivity contribution in [1.82, 2.24) is 9.38 Å². The van der Waals surface area contributed by atoms with Gasteiger partial charge in [0.25, 0.3) is 11.5 Å². The van der Waals surface area contributed by atoms with Crippen molar-refractivity contribution in [3.8, 4) is 5.75 Å². The average Bonchev–Trinajstić information content (AvgIpc) is 3.22. The highest BCUT2D eigenvalue weighted by Gasteiger charge is 2.18. The van der Waals surface area contributed by atoms with Gasteiger partial charge in [0.05, 0.1) is 11.4 Å². The van der Waals surface area contributed by atoms with E-state index in [0.717, 1.165) is 40.5 Å². The number of ether oxygens (including phenoxy) is 1. The average molecular weight is 478 g/mol. The number of rotatable bonds is 7. The number of carbonyl (C=O) groups is 1. The van der Waals surface area contributed by atoms with Crippen molar-refractivity contribution >= 4 is 39.7 Å². The van der Waals surface area contributed by atoms with Crippen molar-refractivity contribution < 1.29 is 9.53 Å². The van der Waals surface area contributed by atoms with Gasteiger partial charge in [0, 0.05) is 27.3 Å². The summed E-state index contributed by atoms with van der Waals surface area (Å²) >= 11 is 3.18. The maximum absolute atomic E-state index is 12.8. The SMILES string of the molecule is O=C(COc1ccccc1)Nc1ccccc1SCc1cc(=O)n2c3c(sc2n1)CCCC3. The fourth-order valence-corrected chi connectivity index (χ4v) is 6.05. The summed E-state index contributed by atoms with van der Waals surface area (Å²) in [6.45, 7) is -0.0684. The standard InChI is InChI=1S/C25H23N3O3S2/c29-23(15-31-18-8-2-1-3-9-18)27-19-10-4-6-12-21(19)32-16-17-14-24(30)28-20-11-5-7-13-22(20)33-25(28)26-17/h1-4,6,8-10,12,14H,5,7,11,13,15-16H2,(H,27,29). The molecule has 168 valence electrons. The molecule has 0 unspecified atom stereocenters. The Labute approximate surface area is 199 Å². The van der Waals surface area contributed by atoms with Crippen molar-refractivity contribution in [2.75, 3.05) is 11.9 Å². The highest BCUT2D eigenvalue weighted by molar-refractivity contribution is 7.98. The number of fused-ring (bicyclic) bond motifs is 3. The lowest BCUT2D eigenvalue weighted by atomic mass is 10.0. The molecule has 0 bridgehead atoms.